The number of anilines is 1. The number of benzene rings is 1. The average Bonchev–Trinajstić information content (AvgIpc) is 2.44. The summed E-state index contributed by atoms with van der Waals surface area (Å²) in [4.78, 5) is 4.41. The molecular formula is C13H19N5. The number of nitrogens with two attached hydrogens (primary N) is 1. The van der Waals surface area contributed by atoms with Crippen LogP contribution in [-0.4, -0.2) is 27.3 Å². The Morgan fingerprint density at radius 3 is 2.44 bits per heavy atom. The molecule has 5 heteroatoms. The summed E-state index contributed by atoms with van der Waals surface area (Å²) >= 11 is 0. The second kappa shape index (κ2) is 5.27. The number of hydrogen-bond acceptors (Lipinski definition) is 5. The van der Waals surface area contributed by atoms with Gasteiger partial charge in [-0.25, -0.2) is 4.98 Å². The molecule has 0 bridgehead atoms. The second-order valence-electron chi connectivity index (χ2n) is 4.55. The van der Waals surface area contributed by atoms with Gasteiger partial charge < -0.3 is 11.1 Å². The predicted octanol–water partition coefficient (Wildman–Crippen LogP) is 1.95. The molecule has 0 saturated carbocycles. The summed E-state index contributed by atoms with van der Waals surface area (Å²) in [6.45, 7) is 4.83. The van der Waals surface area contributed by atoms with Crippen molar-refractivity contribution in [1.29, 1.82) is 0 Å². The number of hydrogen-bond donors (Lipinski definition) is 2. The molecule has 0 aliphatic carbocycles. The van der Waals surface area contributed by atoms with Crippen molar-refractivity contribution in [2.24, 2.45) is 5.73 Å². The van der Waals surface area contributed by atoms with Gasteiger partial charge in [-0.1, -0.05) is 26.0 Å². The van der Waals surface area contributed by atoms with Gasteiger partial charge in [0.1, 0.15) is 5.52 Å². The third kappa shape index (κ3) is 2.73. The Balaban J connectivity index is 2.12. The molecule has 1 aromatic heterocycles. The molecule has 1 aromatic carbocycles. The van der Waals surface area contributed by atoms with E-state index in [1.54, 1.807) is 0 Å². The molecule has 0 saturated heterocycles. The Morgan fingerprint density at radius 2 is 1.78 bits per heavy atom. The quantitative estimate of drug-likeness (QED) is 0.842. The molecule has 0 fully saturated rings. The summed E-state index contributed by atoms with van der Waals surface area (Å²) in [6.07, 6.45) is 1.83. The lowest BCUT2D eigenvalue weighted by atomic mass is 9.94. The van der Waals surface area contributed by atoms with E-state index in [1.165, 1.54) is 0 Å². The van der Waals surface area contributed by atoms with Crippen LogP contribution in [0.5, 0.6) is 0 Å². The number of fused-ring (bicyclic) bond motifs is 1. The van der Waals surface area contributed by atoms with Gasteiger partial charge in [-0.05, 0) is 25.0 Å². The molecule has 0 amide bonds. The van der Waals surface area contributed by atoms with Crippen LogP contribution in [0.15, 0.2) is 24.3 Å². The first-order valence-electron chi connectivity index (χ1n) is 6.29. The van der Waals surface area contributed by atoms with Crippen LogP contribution in [0.3, 0.4) is 0 Å². The molecule has 0 aliphatic rings. The summed E-state index contributed by atoms with van der Waals surface area (Å²) in [5, 5.41) is 11.3. The van der Waals surface area contributed by atoms with Gasteiger partial charge in [0.05, 0.1) is 5.52 Å². The first-order chi connectivity index (χ1) is 8.67. The molecule has 0 atom stereocenters. The van der Waals surface area contributed by atoms with Gasteiger partial charge >= 0.3 is 0 Å². The van der Waals surface area contributed by atoms with E-state index in [-0.39, 0.29) is 5.54 Å². The summed E-state index contributed by atoms with van der Waals surface area (Å²) in [5.74, 6) is 0.533. The van der Waals surface area contributed by atoms with Gasteiger partial charge in [0.25, 0.3) is 0 Å². The van der Waals surface area contributed by atoms with Crippen LogP contribution >= 0.6 is 0 Å². The van der Waals surface area contributed by atoms with E-state index in [1.807, 2.05) is 24.3 Å². The summed E-state index contributed by atoms with van der Waals surface area (Å²) in [6, 6.07) is 7.67. The maximum Gasteiger partial charge on any atom is 0.243 e. The molecular weight excluding hydrogens is 226 g/mol. The van der Waals surface area contributed by atoms with Crippen LogP contribution in [0, 0.1) is 0 Å². The zero-order valence-electron chi connectivity index (χ0n) is 10.8. The maximum absolute atomic E-state index is 6.22. The molecule has 96 valence electrons. The Morgan fingerprint density at radius 1 is 1.11 bits per heavy atom. The van der Waals surface area contributed by atoms with Gasteiger partial charge in [0.15, 0.2) is 0 Å². The first kappa shape index (κ1) is 12.7. The van der Waals surface area contributed by atoms with Crippen LogP contribution in [0.1, 0.15) is 26.7 Å². The number of aromatic nitrogens is 3. The lowest BCUT2D eigenvalue weighted by molar-refractivity contribution is 0.417. The van der Waals surface area contributed by atoms with E-state index in [0.29, 0.717) is 12.5 Å². The van der Waals surface area contributed by atoms with Crippen LogP contribution in [-0.2, 0) is 0 Å². The minimum Gasteiger partial charge on any atom is -0.351 e. The highest BCUT2D eigenvalue weighted by molar-refractivity contribution is 5.73. The standard InChI is InChI=1S/C13H19N5/c1-3-13(14,4-2)9-15-12-16-10-7-5-6-8-11(10)17-18-12/h5-8H,3-4,9,14H2,1-2H3,(H,15,16,18). The van der Waals surface area contributed by atoms with Crippen molar-refractivity contribution in [3.05, 3.63) is 24.3 Å². The Bertz CT molecular complexity index is 522. The van der Waals surface area contributed by atoms with Crippen LogP contribution < -0.4 is 11.1 Å². The molecule has 0 aliphatic heterocycles. The van der Waals surface area contributed by atoms with Crippen molar-refractivity contribution < 1.29 is 0 Å². The van der Waals surface area contributed by atoms with Gasteiger partial charge in [0.2, 0.25) is 5.95 Å². The second-order valence-corrected chi connectivity index (χ2v) is 4.55. The van der Waals surface area contributed by atoms with Gasteiger partial charge in [-0.2, -0.15) is 0 Å². The van der Waals surface area contributed by atoms with Gasteiger partial charge in [0, 0.05) is 12.1 Å². The molecule has 2 rings (SSSR count). The van der Waals surface area contributed by atoms with E-state index in [9.17, 15) is 0 Å². The Labute approximate surface area is 107 Å². The topological polar surface area (TPSA) is 76.7 Å². The smallest absolute Gasteiger partial charge is 0.243 e. The third-order valence-electron chi connectivity index (χ3n) is 3.37. The molecule has 3 N–H and O–H groups in total. The van der Waals surface area contributed by atoms with Crippen molar-refractivity contribution in [2.45, 2.75) is 32.2 Å². The minimum atomic E-state index is -0.213. The first-order valence-corrected chi connectivity index (χ1v) is 6.29. The molecule has 0 radical (unpaired) electrons. The van der Waals surface area contributed by atoms with E-state index >= 15 is 0 Å². The fourth-order valence-electron chi connectivity index (χ4n) is 1.71. The SMILES string of the molecule is CCC(N)(CC)CNc1nnc2ccccc2n1. The number of para-hydroxylation sites is 1. The molecule has 1 heterocycles. The van der Waals surface area contributed by atoms with Crippen LogP contribution in [0.2, 0.25) is 0 Å². The van der Waals surface area contributed by atoms with Gasteiger partial charge in [-0.3, -0.25) is 0 Å². The number of rotatable bonds is 5. The van der Waals surface area contributed by atoms with Crippen molar-refractivity contribution >= 4 is 17.0 Å². The van der Waals surface area contributed by atoms with Crippen LogP contribution in [0.4, 0.5) is 5.95 Å². The molecule has 2 aromatic rings. The Kier molecular flexibility index (Phi) is 3.72. The van der Waals surface area contributed by atoms with Crippen molar-refractivity contribution in [3.63, 3.8) is 0 Å². The lowest BCUT2D eigenvalue weighted by Gasteiger charge is -2.26. The number of nitrogens with one attached hydrogen (secondary N) is 1. The number of nitrogens with zero attached hydrogens (tertiary/aromatic N) is 3. The van der Waals surface area contributed by atoms with E-state index in [2.05, 4.69) is 34.3 Å². The summed E-state index contributed by atoms with van der Waals surface area (Å²) < 4.78 is 0. The van der Waals surface area contributed by atoms with Crippen molar-refractivity contribution in [1.82, 2.24) is 15.2 Å². The monoisotopic (exact) mass is 245 g/mol. The fourth-order valence-corrected chi connectivity index (χ4v) is 1.71. The molecule has 5 nitrogen and oxygen atoms in total. The minimum absolute atomic E-state index is 0.213. The predicted molar refractivity (Wildman–Crippen MR) is 73.3 cm³/mol. The highest BCUT2D eigenvalue weighted by atomic mass is 15.2. The molecule has 0 unspecified atom stereocenters. The molecule has 0 spiro atoms. The highest BCUT2D eigenvalue weighted by Crippen LogP contribution is 2.13. The normalized spacial score (nSPS) is 11.7. The zero-order chi connectivity index (χ0) is 13.0. The third-order valence-corrected chi connectivity index (χ3v) is 3.37. The van der Waals surface area contributed by atoms with E-state index in [4.69, 9.17) is 5.73 Å². The Hall–Kier alpha value is -1.75. The zero-order valence-corrected chi connectivity index (χ0v) is 10.8. The summed E-state index contributed by atoms with van der Waals surface area (Å²) in [5.41, 5.74) is 7.64. The van der Waals surface area contributed by atoms with Crippen LogP contribution in [0.25, 0.3) is 11.0 Å². The van der Waals surface area contributed by atoms with Gasteiger partial charge in [-0.15, -0.1) is 10.2 Å². The average molecular weight is 245 g/mol. The molecule has 18 heavy (non-hydrogen) atoms. The maximum atomic E-state index is 6.22. The summed E-state index contributed by atoms with van der Waals surface area (Å²) in [7, 11) is 0. The van der Waals surface area contributed by atoms with Crippen molar-refractivity contribution in [2.75, 3.05) is 11.9 Å². The lowest BCUT2D eigenvalue weighted by Crippen LogP contribution is -2.45. The fraction of sp³-hybridized carbons (Fsp3) is 0.462. The largest absolute Gasteiger partial charge is 0.351 e. The highest BCUT2D eigenvalue weighted by Gasteiger charge is 2.20. The van der Waals surface area contributed by atoms with Crippen molar-refractivity contribution in [3.8, 4) is 0 Å². The van der Waals surface area contributed by atoms with E-state index < -0.39 is 0 Å². The van der Waals surface area contributed by atoms with E-state index in [0.717, 1.165) is 23.9 Å².